The summed E-state index contributed by atoms with van der Waals surface area (Å²) in [7, 11) is 0. The fourth-order valence-corrected chi connectivity index (χ4v) is 2.88. The third-order valence-corrected chi connectivity index (χ3v) is 5.76. The lowest BCUT2D eigenvalue weighted by atomic mass is 10.2. The lowest BCUT2D eigenvalue weighted by Crippen LogP contribution is -2.64. The van der Waals surface area contributed by atoms with Gasteiger partial charge in [0.25, 0.3) is 22.7 Å². The highest BCUT2D eigenvalue weighted by molar-refractivity contribution is 5.87. The first kappa shape index (κ1) is 64.0. The number of benzene rings is 4. The van der Waals surface area contributed by atoms with Crippen LogP contribution >= 0.6 is 0 Å². The molecule has 0 atom stereocenters. The predicted octanol–water partition coefficient (Wildman–Crippen LogP) is -8.53. The Morgan fingerprint density at radius 3 is 0.517 bits per heavy atom. The minimum Gasteiger partial charge on any atom is -0.545 e. The van der Waals surface area contributed by atoms with Crippen molar-refractivity contribution in [2.45, 2.75) is 0 Å². The molecule has 0 aliphatic rings. The van der Waals surface area contributed by atoms with Crippen molar-refractivity contribution in [3.8, 4) is 0 Å². The molecule has 28 nitrogen and oxygen atoms in total. The number of nitro groups is 4. The molecule has 4 aromatic carbocycles. The number of carbonyl (C=O) groups excluding carboxylic acids is 4. The maximum Gasteiger partial charge on any atom is 0.269 e. The van der Waals surface area contributed by atoms with Crippen LogP contribution in [0, 0.1) is 40.5 Å². The maximum absolute atomic E-state index is 10.2. The molecule has 4 aromatic rings. The summed E-state index contributed by atoms with van der Waals surface area (Å²) in [5, 5.41) is 81.3. The molecule has 0 bridgehead atoms. The lowest BCUT2D eigenvalue weighted by molar-refractivity contribution is -0.453. The van der Waals surface area contributed by atoms with E-state index in [0.29, 0.717) is 0 Å². The zero-order valence-electron chi connectivity index (χ0n) is 31.2. The normalized spacial score (nSPS) is 8.47. The average molecular weight is 861 g/mol. The van der Waals surface area contributed by atoms with Crippen molar-refractivity contribution < 1.29 is 104 Å². The number of non-ortho nitro benzene ring substituents is 4. The Hall–Kier alpha value is -7.96. The Bertz CT molecular complexity index is 1490. The quantitative estimate of drug-likeness (QED) is 0.0849. The van der Waals surface area contributed by atoms with Crippen molar-refractivity contribution in [2.75, 3.05) is 26.2 Å². The van der Waals surface area contributed by atoms with Crippen molar-refractivity contribution >= 4 is 46.6 Å². The second kappa shape index (κ2) is 35.5. The van der Waals surface area contributed by atoms with Gasteiger partial charge in [0, 0.05) is 48.5 Å². The van der Waals surface area contributed by atoms with Gasteiger partial charge in [-0.3, -0.25) is 40.5 Å². The van der Waals surface area contributed by atoms with Crippen LogP contribution in [0.4, 0.5) is 22.7 Å². The Balaban J connectivity index is -0.000000149. The number of rotatable bonds is 10. The van der Waals surface area contributed by atoms with E-state index in [4.69, 9.17) is 0 Å². The summed E-state index contributed by atoms with van der Waals surface area (Å²) in [6.07, 6.45) is 0. The first-order valence-electron chi connectivity index (χ1n) is 15.3. The van der Waals surface area contributed by atoms with E-state index in [1.807, 2.05) is 0 Å². The topological polar surface area (TPSA) is 570 Å². The van der Waals surface area contributed by atoms with E-state index in [1.54, 1.807) is 0 Å². The number of nitrogens with zero attached hydrogens (tertiary/aromatic N) is 4. The highest BCUT2D eigenvalue weighted by Crippen LogP contribution is 2.13. The number of carboxylic acid groups (broad SMARTS) is 4. The summed E-state index contributed by atoms with van der Waals surface area (Å²) in [5.74, 6) is -5.37. The minimum atomic E-state index is -1.34. The molecule has 0 saturated carbocycles. The number of quaternary nitrogens is 4. The highest BCUT2D eigenvalue weighted by Gasteiger charge is 2.06. The monoisotopic (exact) mass is 860 g/mol. The van der Waals surface area contributed by atoms with Crippen LogP contribution in [-0.4, -0.2) is 91.7 Å². The van der Waals surface area contributed by atoms with Crippen molar-refractivity contribution in [3.05, 3.63) is 160 Å². The fraction of sp³-hybridized carbons (Fsp3) is 0.125. The van der Waals surface area contributed by atoms with Gasteiger partial charge in [-0.15, -0.1) is 0 Å². The number of hydrogen-bond donors (Lipinski definition) is 4. The van der Waals surface area contributed by atoms with Gasteiger partial charge in [0.05, 0.1) is 43.6 Å². The molecule has 0 aliphatic carbocycles. The van der Waals surface area contributed by atoms with Crippen molar-refractivity contribution in [2.24, 2.45) is 0 Å². The Morgan fingerprint density at radius 2 is 0.450 bits per heavy atom. The smallest absolute Gasteiger partial charge is 0.269 e. The van der Waals surface area contributed by atoms with Gasteiger partial charge in [-0.05, 0) is 70.8 Å². The van der Waals surface area contributed by atoms with Crippen LogP contribution in [0.25, 0.3) is 0 Å². The number of hydrogen-bond acceptors (Lipinski definition) is 16. The second-order valence-corrected chi connectivity index (χ2v) is 9.78. The van der Waals surface area contributed by atoms with Gasteiger partial charge in [-0.2, -0.15) is 0 Å². The second-order valence-electron chi connectivity index (χ2n) is 9.78. The molecule has 0 heterocycles. The van der Waals surface area contributed by atoms with Crippen molar-refractivity contribution in [1.82, 2.24) is 0 Å². The zero-order chi connectivity index (χ0) is 43.4. The molecule has 0 aromatic heterocycles. The third kappa shape index (κ3) is 27.6. The van der Waals surface area contributed by atoms with E-state index in [2.05, 4.69) is 22.9 Å². The van der Waals surface area contributed by atoms with E-state index in [0.717, 1.165) is 123 Å². The Morgan fingerprint density at radius 1 is 0.333 bits per heavy atom. The number of aromatic carboxylic acids is 4. The van der Waals surface area contributed by atoms with E-state index in [-0.39, 0.29) is 66.9 Å². The first-order valence-corrected chi connectivity index (χ1v) is 15.3. The predicted molar refractivity (Wildman–Crippen MR) is 195 cm³/mol. The molecule has 0 radical (unpaired) electrons. The highest BCUT2D eigenvalue weighted by atomic mass is 16.6. The minimum absolute atomic E-state index is 0. The first-order chi connectivity index (χ1) is 26.3. The molecule has 0 fully saturated rings. The van der Waals surface area contributed by atoms with E-state index in [9.17, 15) is 80.1 Å². The lowest BCUT2D eigenvalue weighted by Gasteiger charge is -1.99. The van der Waals surface area contributed by atoms with Crippen molar-refractivity contribution in [1.29, 1.82) is 0 Å². The largest absolute Gasteiger partial charge is 0.545 e. The van der Waals surface area contributed by atoms with Crippen LogP contribution in [0.2, 0.25) is 0 Å². The molecule has 20 N–H and O–H groups in total. The van der Waals surface area contributed by atoms with Crippen LogP contribution in [0.3, 0.4) is 0 Å². The third-order valence-electron chi connectivity index (χ3n) is 5.76. The average Bonchev–Trinajstić information content (AvgIpc) is 3.18. The maximum atomic E-state index is 10.2. The van der Waals surface area contributed by atoms with Crippen LogP contribution in [-0.2, 0) is 0 Å². The SMILES string of the molecule is O.O.O.O.O=C([O-])c1ccc([N+](=O)[O-])cc1.O=C([O-])c1ccc([N+](=O)[O-])cc1.O=C([O-])c1ccc([N+](=O)[O-])cc1.O=C([O-])c1ccc([N+](=O)[O-])cc1.[NH3+]CC[NH3+].[NH3+]CC[NH3+]. The summed E-state index contributed by atoms with van der Waals surface area (Å²) in [6.45, 7) is 3.83. The van der Waals surface area contributed by atoms with E-state index in [1.165, 1.54) is 0 Å². The molecule has 28 heteroatoms. The van der Waals surface area contributed by atoms with Crippen LogP contribution in [0.5, 0.6) is 0 Å². The Kier molecular flexibility index (Phi) is 37.8. The fourth-order valence-electron chi connectivity index (χ4n) is 2.88. The van der Waals surface area contributed by atoms with E-state index >= 15 is 0 Å². The number of nitro benzene ring substituents is 4. The van der Waals surface area contributed by atoms with Gasteiger partial charge in [0.2, 0.25) is 0 Å². The summed E-state index contributed by atoms with van der Waals surface area (Å²) in [6, 6.07) is 18.0. The molecule has 0 unspecified atom stereocenters. The zero-order valence-corrected chi connectivity index (χ0v) is 31.2. The summed E-state index contributed by atoms with van der Waals surface area (Å²) < 4.78 is 0. The summed E-state index contributed by atoms with van der Waals surface area (Å²) >= 11 is 0. The van der Waals surface area contributed by atoms with Crippen LogP contribution < -0.4 is 43.4 Å². The molecule has 0 aliphatic heterocycles. The van der Waals surface area contributed by atoms with Gasteiger partial charge in [-0.25, -0.2) is 0 Å². The van der Waals surface area contributed by atoms with Gasteiger partial charge < -0.3 is 84.4 Å². The molecule has 4 rings (SSSR count). The number of carboxylic acids is 4. The van der Waals surface area contributed by atoms with E-state index < -0.39 is 43.6 Å². The van der Waals surface area contributed by atoms with Crippen LogP contribution in [0.15, 0.2) is 97.1 Å². The van der Waals surface area contributed by atoms with Gasteiger partial charge >= 0.3 is 0 Å². The van der Waals surface area contributed by atoms with Crippen molar-refractivity contribution in [3.63, 3.8) is 0 Å². The van der Waals surface area contributed by atoms with Gasteiger partial charge in [0.1, 0.15) is 26.2 Å². The molecule has 0 spiro atoms. The standard InChI is InChI=1S/4C7H5NO4.2C2H8N2.4H2O/c4*9-7(10)5-1-3-6(4-2-5)8(11)12;2*3-1-2-4;;;;/h4*1-4H,(H,9,10);2*1-4H2;4*1H2. The molecule has 332 valence electrons. The molecule has 0 saturated heterocycles. The Labute approximate surface area is 336 Å². The summed E-state index contributed by atoms with van der Waals surface area (Å²) in [4.78, 5) is 78.9. The van der Waals surface area contributed by atoms with Crippen LogP contribution in [0.1, 0.15) is 41.4 Å². The molecule has 0 amide bonds. The number of carbonyl (C=O) groups is 4. The van der Waals surface area contributed by atoms with Gasteiger partial charge in [0.15, 0.2) is 0 Å². The molecular formula is C32H44N8O20. The molecule has 60 heavy (non-hydrogen) atoms. The van der Waals surface area contributed by atoms with Gasteiger partial charge in [-0.1, -0.05) is 0 Å². The summed E-state index contributed by atoms with van der Waals surface area (Å²) in [5.41, 5.74) is 13.3. The molecular weight excluding hydrogens is 816 g/mol.